The predicted octanol–water partition coefficient (Wildman–Crippen LogP) is 1.57. The van der Waals surface area contributed by atoms with Gasteiger partial charge in [-0.1, -0.05) is 11.8 Å². The van der Waals surface area contributed by atoms with Crippen LogP contribution in [-0.2, 0) is 6.42 Å². The molecule has 0 saturated heterocycles. The van der Waals surface area contributed by atoms with Gasteiger partial charge in [-0.2, -0.15) is 5.26 Å². The molecule has 12 heavy (non-hydrogen) atoms. The van der Waals surface area contributed by atoms with E-state index in [2.05, 4.69) is 16.0 Å². The third-order valence-corrected chi connectivity index (χ3v) is 1.88. The Morgan fingerprint density at radius 1 is 1.58 bits per heavy atom. The SMILES string of the molecule is CSc1nc(C)cc(CC#N)n1. The third kappa shape index (κ3) is 2.21. The molecule has 4 heteroatoms. The Labute approximate surface area is 75.8 Å². The summed E-state index contributed by atoms with van der Waals surface area (Å²) in [5, 5.41) is 9.19. The van der Waals surface area contributed by atoms with E-state index in [-0.39, 0.29) is 0 Å². The second-order valence-corrected chi connectivity index (χ2v) is 3.10. The molecule has 1 aromatic heterocycles. The maximum absolute atomic E-state index is 8.46. The van der Waals surface area contributed by atoms with Gasteiger partial charge < -0.3 is 0 Å². The molecule has 0 aliphatic carbocycles. The number of nitrogens with zero attached hydrogens (tertiary/aromatic N) is 3. The fourth-order valence-corrected chi connectivity index (χ4v) is 1.31. The fraction of sp³-hybridized carbons (Fsp3) is 0.375. The van der Waals surface area contributed by atoms with Crippen molar-refractivity contribution < 1.29 is 0 Å². The van der Waals surface area contributed by atoms with Crippen LogP contribution in [0.3, 0.4) is 0 Å². The summed E-state index contributed by atoms with van der Waals surface area (Å²) in [6.45, 7) is 1.91. The minimum atomic E-state index is 0.358. The summed E-state index contributed by atoms with van der Waals surface area (Å²) in [6, 6.07) is 3.90. The molecule has 0 bridgehead atoms. The molecule has 0 aromatic carbocycles. The Kier molecular flexibility index (Phi) is 3.06. The zero-order valence-electron chi connectivity index (χ0n) is 7.03. The van der Waals surface area contributed by atoms with Crippen molar-refractivity contribution in [3.05, 3.63) is 17.5 Å². The van der Waals surface area contributed by atoms with Gasteiger partial charge in [0.05, 0.1) is 18.2 Å². The summed E-state index contributed by atoms with van der Waals surface area (Å²) in [5.41, 5.74) is 1.72. The van der Waals surface area contributed by atoms with Gasteiger partial charge in [-0.05, 0) is 19.2 Å². The van der Waals surface area contributed by atoms with E-state index in [1.165, 1.54) is 11.8 Å². The number of hydrogen-bond acceptors (Lipinski definition) is 4. The van der Waals surface area contributed by atoms with Crippen molar-refractivity contribution in [3.63, 3.8) is 0 Å². The standard InChI is InChI=1S/C8H9N3S/c1-6-5-7(3-4-9)11-8(10-6)12-2/h5H,3H2,1-2H3. The van der Waals surface area contributed by atoms with Crippen LogP contribution >= 0.6 is 11.8 Å². The van der Waals surface area contributed by atoms with Crippen molar-refractivity contribution in [1.82, 2.24) is 9.97 Å². The molecule has 0 saturated carbocycles. The smallest absolute Gasteiger partial charge is 0.187 e. The topological polar surface area (TPSA) is 49.6 Å². The second kappa shape index (κ2) is 4.07. The lowest BCUT2D eigenvalue weighted by molar-refractivity contribution is 0.888. The summed E-state index contributed by atoms with van der Waals surface area (Å²) in [4.78, 5) is 8.35. The minimum absolute atomic E-state index is 0.358. The third-order valence-electron chi connectivity index (χ3n) is 1.33. The average molecular weight is 179 g/mol. The van der Waals surface area contributed by atoms with E-state index < -0.39 is 0 Å². The lowest BCUT2D eigenvalue weighted by atomic mass is 10.3. The average Bonchev–Trinajstić information content (AvgIpc) is 2.04. The van der Waals surface area contributed by atoms with Crippen molar-refractivity contribution in [2.45, 2.75) is 18.5 Å². The molecule has 0 aliphatic rings. The first kappa shape index (κ1) is 9.01. The van der Waals surface area contributed by atoms with Gasteiger partial charge in [0.1, 0.15) is 0 Å². The Morgan fingerprint density at radius 2 is 2.33 bits per heavy atom. The quantitative estimate of drug-likeness (QED) is 0.511. The Balaban J connectivity index is 2.99. The van der Waals surface area contributed by atoms with Gasteiger partial charge in [0, 0.05) is 5.69 Å². The highest BCUT2D eigenvalue weighted by Gasteiger charge is 1.99. The van der Waals surface area contributed by atoms with Crippen LogP contribution in [-0.4, -0.2) is 16.2 Å². The molecule has 0 amide bonds. The molecule has 3 nitrogen and oxygen atoms in total. The van der Waals surface area contributed by atoms with E-state index in [1.54, 1.807) is 0 Å². The lowest BCUT2D eigenvalue weighted by Gasteiger charge is -1.99. The minimum Gasteiger partial charge on any atom is -0.228 e. The molecule has 1 rings (SSSR count). The molecule has 0 radical (unpaired) electrons. The molecule has 1 heterocycles. The summed E-state index contributed by atoms with van der Waals surface area (Å²) in [7, 11) is 0. The number of aromatic nitrogens is 2. The molecule has 62 valence electrons. The first-order valence-electron chi connectivity index (χ1n) is 3.51. The molecular formula is C8H9N3S. The summed E-state index contributed by atoms with van der Waals surface area (Å²) in [6.07, 6.45) is 2.28. The fourth-order valence-electron chi connectivity index (χ4n) is 0.867. The van der Waals surface area contributed by atoms with E-state index in [4.69, 9.17) is 5.26 Å². The second-order valence-electron chi connectivity index (χ2n) is 2.32. The van der Waals surface area contributed by atoms with Gasteiger partial charge in [-0.3, -0.25) is 0 Å². The van der Waals surface area contributed by atoms with Crippen LogP contribution in [0.4, 0.5) is 0 Å². The van der Waals surface area contributed by atoms with Crippen LogP contribution < -0.4 is 0 Å². The van der Waals surface area contributed by atoms with Crippen LogP contribution in [0.1, 0.15) is 11.4 Å². The number of aryl methyl sites for hydroxylation is 1. The number of nitriles is 1. The normalized spacial score (nSPS) is 9.42. The van der Waals surface area contributed by atoms with Gasteiger partial charge >= 0.3 is 0 Å². The zero-order chi connectivity index (χ0) is 8.97. The Hall–Kier alpha value is -1.08. The number of rotatable bonds is 2. The largest absolute Gasteiger partial charge is 0.228 e. The first-order chi connectivity index (χ1) is 5.76. The van der Waals surface area contributed by atoms with Gasteiger partial charge in [0.15, 0.2) is 5.16 Å². The van der Waals surface area contributed by atoms with Crippen molar-refractivity contribution in [1.29, 1.82) is 5.26 Å². The van der Waals surface area contributed by atoms with Crippen LogP contribution in [0.2, 0.25) is 0 Å². The number of hydrogen-bond donors (Lipinski definition) is 0. The maximum Gasteiger partial charge on any atom is 0.187 e. The van der Waals surface area contributed by atoms with Crippen molar-refractivity contribution in [3.8, 4) is 6.07 Å². The molecule has 0 spiro atoms. The summed E-state index contributed by atoms with van der Waals surface area (Å²) in [5.74, 6) is 0. The van der Waals surface area contributed by atoms with E-state index in [1.807, 2.05) is 19.2 Å². The van der Waals surface area contributed by atoms with Crippen LogP contribution in [0, 0.1) is 18.3 Å². The van der Waals surface area contributed by atoms with Crippen LogP contribution in [0.15, 0.2) is 11.2 Å². The lowest BCUT2D eigenvalue weighted by Crippen LogP contribution is -1.95. The van der Waals surface area contributed by atoms with Gasteiger partial charge in [0.25, 0.3) is 0 Å². The maximum atomic E-state index is 8.46. The molecule has 1 aromatic rings. The van der Waals surface area contributed by atoms with Crippen LogP contribution in [0.5, 0.6) is 0 Å². The molecule has 0 unspecified atom stereocenters. The highest BCUT2D eigenvalue weighted by Crippen LogP contribution is 2.10. The van der Waals surface area contributed by atoms with E-state index in [9.17, 15) is 0 Å². The zero-order valence-corrected chi connectivity index (χ0v) is 7.85. The monoisotopic (exact) mass is 179 g/mol. The van der Waals surface area contributed by atoms with Gasteiger partial charge in [-0.25, -0.2) is 9.97 Å². The van der Waals surface area contributed by atoms with Gasteiger partial charge in [0.2, 0.25) is 0 Å². The molecule has 0 atom stereocenters. The van der Waals surface area contributed by atoms with Crippen molar-refractivity contribution >= 4 is 11.8 Å². The van der Waals surface area contributed by atoms with Crippen molar-refractivity contribution in [2.75, 3.05) is 6.26 Å². The highest BCUT2D eigenvalue weighted by molar-refractivity contribution is 7.98. The van der Waals surface area contributed by atoms with E-state index in [0.717, 1.165) is 16.5 Å². The van der Waals surface area contributed by atoms with E-state index in [0.29, 0.717) is 6.42 Å². The Bertz CT molecular complexity index is 317. The number of thioether (sulfide) groups is 1. The molecule has 0 N–H and O–H groups in total. The first-order valence-corrected chi connectivity index (χ1v) is 4.74. The predicted molar refractivity (Wildman–Crippen MR) is 47.9 cm³/mol. The molecular weight excluding hydrogens is 170 g/mol. The molecule has 0 fully saturated rings. The summed E-state index contributed by atoms with van der Waals surface area (Å²) >= 11 is 1.49. The Morgan fingerprint density at radius 3 is 2.92 bits per heavy atom. The summed E-state index contributed by atoms with van der Waals surface area (Å²) < 4.78 is 0. The van der Waals surface area contributed by atoms with Gasteiger partial charge in [-0.15, -0.1) is 0 Å². The highest BCUT2D eigenvalue weighted by atomic mass is 32.2. The molecule has 0 aliphatic heterocycles. The van der Waals surface area contributed by atoms with Crippen molar-refractivity contribution in [2.24, 2.45) is 0 Å². The van der Waals surface area contributed by atoms with Crippen LogP contribution in [0.25, 0.3) is 0 Å². The van der Waals surface area contributed by atoms with E-state index >= 15 is 0 Å².